The van der Waals surface area contributed by atoms with Crippen molar-refractivity contribution < 1.29 is 14.7 Å². The van der Waals surface area contributed by atoms with Crippen molar-refractivity contribution in [1.29, 1.82) is 0 Å². The third kappa shape index (κ3) is 3.74. The van der Waals surface area contributed by atoms with Crippen LogP contribution in [0.2, 0.25) is 0 Å². The molecule has 0 saturated carbocycles. The highest BCUT2D eigenvalue weighted by molar-refractivity contribution is 5.99. The van der Waals surface area contributed by atoms with E-state index in [9.17, 15) is 14.7 Å². The lowest BCUT2D eigenvalue weighted by Crippen LogP contribution is -2.43. The molecule has 2 aromatic heterocycles. The number of hydrogen-bond acceptors (Lipinski definition) is 4. The maximum Gasteiger partial charge on any atom is 0.326 e. The molecule has 2 heterocycles. The first-order valence-corrected chi connectivity index (χ1v) is 9.22. The van der Waals surface area contributed by atoms with Crippen LogP contribution in [0.25, 0.3) is 11.0 Å². The number of carbonyl (C=O) groups is 2. The number of benzene rings is 1. The number of carbonyl (C=O) groups excluding carboxylic acids is 1. The number of aromatic nitrogens is 3. The van der Waals surface area contributed by atoms with Crippen molar-refractivity contribution in [3.05, 3.63) is 59.4 Å². The second kappa shape index (κ2) is 7.80. The number of aryl methyl sites for hydroxylation is 1. The molecule has 0 spiro atoms. The normalized spacial score (nSPS) is 12.3. The molecule has 1 unspecified atom stereocenters. The average Bonchev–Trinajstić information content (AvgIpc) is 3.08. The zero-order valence-corrected chi connectivity index (χ0v) is 16.5. The molecule has 1 amide bonds. The smallest absolute Gasteiger partial charge is 0.326 e. The molecular formula is C21H24N4O3. The van der Waals surface area contributed by atoms with E-state index in [-0.39, 0.29) is 18.5 Å². The Kier molecular flexibility index (Phi) is 5.44. The zero-order chi connectivity index (χ0) is 20.4. The minimum Gasteiger partial charge on any atom is -0.480 e. The van der Waals surface area contributed by atoms with Crippen LogP contribution in [0.15, 0.2) is 42.6 Å². The molecule has 0 bridgehead atoms. The molecule has 7 heteroatoms. The topological polar surface area (TPSA) is 88.3 Å². The average molecular weight is 380 g/mol. The van der Waals surface area contributed by atoms with E-state index >= 15 is 0 Å². The summed E-state index contributed by atoms with van der Waals surface area (Å²) in [6, 6.07) is 10.3. The third-order valence-electron chi connectivity index (χ3n) is 4.76. The van der Waals surface area contributed by atoms with Gasteiger partial charge >= 0.3 is 5.97 Å². The van der Waals surface area contributed by atoms with Gasteiger partial charge in [0, 0.05) is 18.0 Å². The molecule has 7 nitrogen and oxygen atoms in total. The number of fused-ring (bicyclic) bond motifs is 1. The Hall–Kier alpha value is -3.22. The van der Waals surface area contributed by atoms with Crippen LogP contribution >= 0.6 is 0 Å². The Morgan fingerprint density at radius 1 is 1.18 bits per heavy atom. The lowest BCUT2D eigenvalue weighted by molar-refractivity contribution is -0.141. The molecule has 0 aliphatic heterocycles. The van der Waals surface area contributed by atoms with Gasteiger partial charge in [0.25, 0.3) is 5.91 Å². The molecule has 3 aromatic rings. The van der Waals surface area contributed by atoms with Crippen molar-refractivity contribution in [3.63, 3.8) is 0 Å². The molecule has 28 heavy (non-hydrogen) atoms. The molecule has 3 rings (SSSR count). The summed E-state index contributed by atoms with van der Waals surface area (Å²) in [4.78, 5) is 30.9. The highest BCUT2D eigenvalue weighted by atomic mass is 16.4. The standard InChI is InChI=1S/C21H24N4O3/c1-13(2)25-19-17(11-22-25)10-18(14(3)23-19)20(26)24(15(4)21(27)28)12-16-8-6-5-7-9-16/h5-11,13,15H,12H2,1-4H3,(H,27,28). The lowest BCUT2D eigenvalue weighted by atomic mass is 10.1. The Bertz CT molecular complexity index is 1010. The van der Waals surface area contributed by atoms with Gasteiger partial charge in [-0.15, -0.1) is 0 Å². The summed E-state index contributed by atoms with van der Waals surface area (Å²) in [6.07, 6.45) is 1.68. The number of carboxylic acid groups (broad SMARTS) is 1. The highest BCUT2D eigenvalue weighted by Gasteiger charge is 2.28. The van der Waals surface area contributed by atoms with Crippen molar-refractivity contribution in [2.24, 2.45) is 0 Å². The molecule has 0 aliphatic rings. The number of carboxylic acids is 1. The largest absolute Gasteiger partial charge is 0.480 e. The SMILES string of the molecule is Cc1nc2c(cnn2C(C)C)cc1C(=O)N(Cc1ccccc1)C(C)C(=O)O. The second-order valence-corrected chi connectivity index (χ2v) is 7.15. The van der Waals surface area contributed by atoms with Crippen molar-refractivity contribution in [2.45, 2.75) is 46.3 Å². The first-order valence-electron chi connectivity index (χ1n) is 9.22. The fraction of sp³-hybridized carbons (Fsp3) is 0.333. The number of nitrogens with zero attached hydrogens (tertiary/aromatic N) is 4. The van der Waals surface area contributed by atoms with E-state index in [1.54, 1.807) is 23.9 Å². The minimum absolute atomic E-state index is 0.146. The van der Waals surface area contributed by atoms with Gasteiger partial charge in [0.05, 0.1) is 17.5 Å². The Balaban J connectivity index is 2.02. The van der Waals surface area contributed by atoms with Crippen LogP contribution in [0.4, 0.5) is 0 Å². The minimum atomic E-state index is -1.05. The van der Waals surface area contributed by atoms with Gasteiger partial charge in [-0.3, -0.25) is 4.79 Å². The molecule has 0 saturated heterocycles. The zero-order valence-electron chi connectivity index (χ0n) is 16.5. The second-order valence-electron chi connectivity index (χ2n) is 7.15. The molecule has 0 radical (unpaired) electrons. The van der Waals surface area contributed by atoms with Gasteiger partial charge in [0.15, 0.2) is 5.65 Å². The van der Waals surface area contributed by atoms with E-state index in [1.165, 1.54) is 11.8 Å². The number of pyridine rings is 1. The first kappa shape index (κ1) is 19.5. The van der Waals surface area contributed by atoms with Gasteiger partial charge in [-0.2, -0.15) is 5.10 Å². The van der Waals surface area contributed by atoms with E-state index in [0.29, 0.717) is 16.9 Å². The first-order chi connectivity index (χ1) is 13.3. The van der Waals surface area contributed by atoms with E-state index in [2.05, 4.69) is 10.1 Å². The van der Waals surface area contributed by atoms with Crippen LogP contribution < -0.4 is 0 Å². The number of rotatable bonds is 6. The van der Waals surface area contributed by atoms with Crippen molar-refractivity contribution in [3.8, 4) is 0 Å². The number of aliphatic carboxylic acids is 1. The maximum atomic E-state index is 13.3. The summed E-state index contributed by atoms with van der Waals surface area (Å²) in [6.45, 7) is 7.50. The number of hydrogen-bond donors (Lipinski definition) is 1. The van der Waals surface area contributed by atoms with Crippen LogP contribution in [-0.2, 0) is 11.3 Å². The summed E-state index contributed by atoms with van der Waals surface area (Å²) in [5, 5.41) is 14.6. The fourth-order valence-electron chi connectivity index (χ4n) is 3.11. The van der Waals surface area contributed by atoms with Crippen molar-refractivity contribution >= 4 is 22.9 Å². The van der Waals surface area contributed by atoms with Gasteiger partial charge < -0.3 is 10.0 Å². The monoisotopic (exact) mass is 380 g/mol. The third-order valence-corrected chi connectivity index (χ3v) is 4.76. The number of amides is 1. The predicted octanol–water partition coefficient (Wildman–Crippen LogP) is 3.44. The van der Waals surface area contributed by atoms with E-state index in [4.69, 9.17) is 0 Å². The lowest BCUT2D eigenvalue weighted by Gasteiger charge is -2.27. The summed E-state index contributed by atoms with van der Waals surface area (Å²) < 4.78 is 1.80. The van der Waals surface area contributed by atoms with Gasteiger partial charge in [0.2, 0.25) is 0 Å². The summed E-state index contributed by atoms with van der Waals surface area (Å²) in [5.41, 5.74) is 2.52. The van der Waals surface area contributed by atoms with Gasteiger partial charge in [0.1, 0.15) is 6.04 Å². The fourth-order valence-corrected chi connectivity index (χ4v) is 3.11. The molecule has 146 valence electrons. The molecule has 1 N–H and O–H groups in total. The molecular weight excluding hydrogens is 356 g/mol. The predicted molar refractivity (Wildman–Crippen MR) is 106 cm³/mol. The Morgan fingerprint density at radius 2 is 1.86 bits per heavy atom. The van der Waals surface area contributed by atoms with Crippen molar-refractivity contribution in [2.75, 3.05) is 0 Å². The van der Waals surface area contributed by atoms with E-state index in [1.807, 2.05) is 44.2 Å². The molecule has 0 aliphatic carbocycles. The molecule has 0 fully saturated rings. The Morgan fingerprint density at radius 3 is 2.46 bits per heavy atom. The van der Waals surface area contributed by atoms with Crippen LogP contribution in [-0.4, -0.2) is 42.7 Å². The highest BCUT2D eigenvalue weighted by Crippen LogP contribution is 2.22. The molecule has 1 aromatic carbocycles. The van der Waals surface area contributed by atoms with Gasteiger partial charge in [-0.05, 0) is 39.3 Å². The van der Waals surface area contributed by atoms with Crippen LogP contribution in [0.3, 0.4) is 0 Å². The van der Waals surface area contributed by atoms with Gasteiger partial charge in [-0.25, -0.2) is 14.5 Å². The maximum absolute atomic E-state index is 13.3. The van der Waals surface area contributed by atoms with E-state index < -0.39 is 12.0 Å². The summed E-state index contributed by atoms with van der Waals surface area (Å²) >= 11 is 0. The van der Waals surface area contributed by atoms with Crippen molar-refractivity contribution in [1.82, 2.24) is 19.7 Å². The van der Waals surface area contributed by atoms with Crippen LogP contribution in [0.1, 0.15) is 48.4 Å². The quantitative estimate of drug-likeness (QED) is 0.708. The van der Waals surface area contributed by atoms with Gasteiger partial charge in [-0.1, -0.05) is 30.3 Å². The Labute approximate surface area is 163 Å². The van der Waals surface area contributed by atoms with Crippen LogP contribution in [0.5, 0.6) is 0 Å². The van der Waals surface area contributed by atoms with Crippen LogP contribution in [0, 0.1) is 6.92 Å². The summed E-state index contributed by atoms with van der Waals surface area (Å²) in [7, 11) is 0. The van der Waals surface area contributed by atoms with E-state index in [0.717, 1.165) is 10.9 Å². The molecule has 1 atom stereocenters. The summed E-state index contributed by atoms with van der Waals surface area (Å²) in [5.74, 6) is -1.41.